The van der Waals surface area contributed by atoms with Crippen molar-refractivity contribution in [3.05, 3.63) is 48.2 Å². The number of ether oxygens (including phenoxy) is 1. The Morgan fingerprint density at radius 2 is 2.05 bits per heavy atom. The number of carbonyl (C=O) groups excluding carboxylic acids is 1. The number of pyridine rings is 1. The summed E-state index contributed by atoms with van der Waals surface area (Å²) >= 11 is 0. The van der Waals surface area contributed by atoms with Crippen LogP contribution in [-0.2, 0) is 0 Å². The molecule has 0 aliphatic rings. The first-order valence-corrected chi connectivity index (χ1v) is 6.41. The summed E-state index contributed by atoms with van der Waals surface area (Å²) in [4.78, 5) is 16.3. The van der Waals surface area contributed by atoms with Crippen molar-refractivity contribution in [3.8, 4) is 5.75 Å². The quantitative estimate of drug-likeness (QED) is 0.877. The third-order valence-corrected chi connectivity index (χ3v) is 2.72. The fraction of sp³-hybridized carbons (Fsp3) is 0.200. The van der Waals surface area contributed by atoms with E-state index in [1.165, 1.54) is 6.20 Å². The second-order valence-corrected chi connectivity index (χ2v) is 4.07. The van der Waals surface area contributed by atoms with Crippen molar-refractivity contribution in [2.24, 2.45) is 0 Å². The number of nitrogens with one attached hydrogen (secondary N) is 2. The Bertz CT molecular complexity index is 582. The molecule has 2 aromatic rings. The molecule has 20 heavy (non-hydrogen) atoms. The van der Waals surface area contributed by atoms with Crippen LogP contribution >= 0.6 is 0 Å². The van der Waals surface area contributed by atoms with Crippen molar-refractivity contribution in [2.75, 3.05) is 24.3 Å². The van der Waals surface area contributed by atoms with E-state index >= 15 is 0 Å². The topological polar surface area (TPSA) is 63.2 Å². The number of benzene rings is 1. The molecule has 104 valence electrons. The molecule has 0 unspecified atom stereocenters. The molecule has 0 saturated carbocycles. The van der Waals surface area contributed by atoms with Gasteiger partial charge in [0, 0.05) is 13.2 Å². The van der Waals surface area contributed by atoms with Gasteiger partial charge in [0.15, 0.2) is 0 Å². The maximum Gasteiger partial charge on any atom is 0.257 e. The molecule has 2 N–H and O–H groups in total. The van der Waals surface area contributed by atoms with E-state index in [0.717, 1.165) is 5.82 Å². The van der Waals surface area contributed by atoms with E-state index in [1.54, 1.807) is 25.2 Å². The summed E-state index contributed by atoms with van der Waals surface area (Å²) in [6.45, 7) is 2.45. The number of rotatable bonds is 5. The van der Waals surface area contributed by atoms with Crippen LogP contribution in [0.1, 0.15) is 17.3 Å². The van der Waals surface area contributed by atoms with Crippen molar-refractivity contribution in [3.63, 3.8) is 0 Å². The Morgan fingerprint density at radius 1 is 1.25 bits per heavy atom. The number of para-hydroxylation sites is 2. The molecule has 5 nitrogen and oxygen atoms in total. The van der Waals surface area contributed by atoms with Crippen molar-refractivity contribution in [2.45, 2.75) is 6.92 Å². The largest absolute Gasteiger partial charge is 0.492 e. The minimum Gasteiger partial charge on any atom is -0.492 e. The molecule has 0 fully saturated rings. The molecule has 1 aromatic heterocycles. The van der Waals surface area contributed by atoms with Gasteiger partial charge in [-0.2, -0.15) is 0 Å². The van der Waals surface area contributed by atoms with E-state index < -0.39 is 0 Å². The number of anilines is 2. The average Bonchev–Trinajstić information content (AvgIpc) is 2.49. The molecule has 1 heterocycles. The molecule has 0 aliphatic heterocycles. The van der Waals surface area contributed by atoms with E-state index in [9.17, 15) is 4.79 Å². The Balaban J connectivity index is 2.14. The number of aromatic nitrogens is 1. The zero-order valence-electron chi connectivity index (χ0n) is 11.5. The van der Waals surface area contributed by atoms with Gasteiger partial charge in [-0.1, -0.05) is 12.1 Å². The third kappa shape index (κ3) is 3.26. The summed E-state index contributed by atoms with van der Waals surface area (Å²) in [6.07, 6.45) is 1.53. The highest BCUT2D eigenvalue weighted by molar-refractivity contribution is 6.04. The highest BCUT2D eigenvalue weighted by atomic mass is 16.5. The van der Waals surface area contributed by atoms with Gasteiger partial charge in [-0.15, -0.1) is 0 Å². The number of amides is 1. The SMILES string of the molecule is CCOc1ccccc1NC(=O)c1ccc(NC)nc1. The molecule has 0 spiro atoms. The normalized spacial score (nSPS) is 9.90. The Hall–Kier alpha value is -2.56. The molecule has 0 radical (unpaired) electrons. The van der Waals surface area contributed by atoms with Crippen molar-refractivity contribution in [1.82, 2.24) is 4.98 Å². The number of hydrogen-bond acceptors (Lipinski definition) is 4. The molecule has 0 bridgehead atoms. The molecule has 5 heteroatoms. The van der Waals surface area contributed by atoms with Gasteiger partial charge in [0.05, 0.1) is 17.9 Å². The Labute approximate surface area is 118 Å². The Kier molecular flexibility index (Phi) is 4.55. The van der Waals surface area contributed by atoms with Crippen molar-refractivity contribution in [1.29, 1.82) is 0 Å². The highest BCUT2D eigenvalue weighted by Gasteiger charge is 2.09. The average molecular weight is 271 g/mol. The fourth-order valence-corrected chi connectivity index (χ4v) is 1.72. The molecule has 1 aromatic carbocycles. The van der Waals surface area contributed by atoms with Gasteiger partial charge in [0.1, 0.15) is 11.6 Å². The van der Waals surface area contributed by atoms with E-state index in [1.807, 2.05) is 25.1 Å². The maximum absolute atomic E-state index is 12.1. The first kappa shape index (κ1) is 13.9. The van der Waals surface area contributed by atoms with Crippen LogP contribution in [0, 0.1) is 0 Å². The molecule has 0 aliphatic carbocycles. The van der Waals surface area contributed by atoms with Gasteiger partial charge < -0.3 is 15.4 Å². The lowest BCUT2D eigenvalue weighted by atomic mass is 10.2. The lowest BCUT2D eigenvalue weighted by molar-refractivity contribution is 0.102. The summed E-state index contributed by atoms with van der Waals surface area (Å²) < 4.78 is 5.47. The van der Waals surface area contributed by atoms with Gasteiger partial charge in [-0.05, 0) is 31.2 Å². The second kappa shape index (κ2) is 6.56. The molecular formula is C15H17N3O2. The molecule has 0 saturated heterocycles. The minimum atomic E-state index is -0.215. The van der Waals surface area contributed by atoms with Gasteiger partial charge in [0.25, 0.3) is 5.91 Å². The first-order valence-electron chi connectivity index (χ1n) is 6.41. The fourth-order valence-electron chi connectivity index (χ4n) is 1.72. The predicted molar refractivity (Wildman–Crippen MR) is 79.3 cm³/mol. The van der Waals surface area contributed by atoms with E-state index in [0.29, 0.717) is 23.6 Å². The van der Waals surface area contributed by atoms with Crippen LogP contribution in [0.15, 0.2) is 42.6 Å². The van der Waals surface area contributed by atoms with E-state index in [4.69, 9.17) is 4.74 Å². The van der Waals surface area contributed by atoms with Crippen LogP contribution in [0.2, 0.25) is 0 Å². The zero-order valence-corrected chi connectivity index (χ0v) is 11.5. The van der Waals surface area contributed by atoms with Crippen LogP contribution in [0.25, 0.3) is 0 Å². The summed E-state index contributed by atoms with van der Waals surface area (Å²) in [5, 5.41) is 5.73. The van der Waals surface area contributed by atoms with Gasteiger partial charge in [-0.3, -0.25) is 4.79 Å². The van der Waals surface area contributed by atoms with Crippen LogP contribution < -0.4 is 15.4 Å². The van der Waals surface area contributed by atoms with Crippen LogP contribution in [0.5, 0.6) is 5.75 Å². The zero-order chi connectivity index (χ0) is 14.4. The number of carbonyl (C=O) groups is 1. The second-order valence-electron chi connectivity index (χ2n) is 4.07. The predicted octanol–water partition coefficient (Wildman–Crippen LogP) is 2.77. The molecule has 1 amide bonds. The minimum absolute atomic E-state index is 0.215. The van der Waals surface area contributed by atoms with Crippen LogP contribution in [0.4, 0.5) is 11.5 Å². The molecule has 0 atom stereocenters. The van der Waals surface area contributed by atoms with Crippen LogP contribution in [0.3, 0.4) is 0 Å². The summed E-state index contributed by atoms with van der Waals surface area (Å²) in [5.74, 6) is 1.16. The van der Waals surface area contributed by atoms with E-state index in [2.05, 4.69) is 15.6 Å². The monoisotopic (exact) mass is 271 g/mol. The van der Waals surface area contributed by atoms with Crippen molar-refractivity contribution < 1.29 is 9.53 Å². The first-order chi connectivity index (χ1) is 9.74. The lowest BCUT2D eigenvalue weighted by Gasteiger charge is -2.11. The van der Waals surface area contributed by atoms with E-state index in [-0.39, 0.29) is 5.91 Å². The summed E-state index contributed by atoms with van der Waals surface area (Å²) in [7, 11) is 1.78. The summed E-state index contributed by atoms with van der Waals surface area (Å²) in [6, 6.07) is 10.8. The highest BCUT2D eigenvalue weighted by Crippen LogP contribution is 2.24. The lowest BCUT2D eigenvalue weighted by Crippen LogP contribution is -2.13. The Morgan fingerprint density at radius 3 is 2.70 bits per heavy atom. The third-order valence-electron chi connectivity index (χ3n) is 2.72. The summed E-state index contributed by atoms with van der Waals surface area (Å²) in [5.41, 5.74) is 1.15. The number of nitrogens with zero attached hydrogens (tertiary/aromatic N) is 1. The standard InChI is InChI=1S/C15H17N3O2/c1-3-20-13-7-5-4-6-12(13)18-15(19)11-8-9-14(16-2)17-10-11/h4-10H,3H2,1-2H3,(H,16,17)(H,18,19). The number of hydrogen-bond donors (Lipinski definition) is 2. The maximum atomic E-state index is 12.1. The van der Waals surface area contributed by atoms with Crippen LogP contribution in [-0.4, -0.2) is 24.5 Å². The smallest absolute Gasteiger partial charge is 0.257 e. The molecular weight excluding hydrogens is 254 g/mol. The molecule has 2 rings (SSSR count). The van der Waals surface area contributed by atoms with Gasteiger partial charge in [0.2, 0.25) is 0 Å². The van der Waals surface area contributed by atoms with Gasteiger partial charge in [-0.25, -0.2) is 4.98 Å². The van der Waals surface area contributed by atoms with Gasteiger partial charge >= 0.3 is 0 Å². The van der Waals surface area contributed by atoms with Crippen molar-refractivity contribution >= 4 is 17.4 Å².